The number of primary amides is 1. The lowest BCUT2D eigenvalue weighted by atomic mass is 9.88. The van der Waals surface area contributed by atoms with Gasteiger partial charge >= 0.3 is 6.09 Å². The van der Waals surface area contributed by atoms with Gasteiger partial charge in [-0.1, -0.05) is 20.3 Å². The summed E-state index contributed by atoms with van der Waals surface area (Å²) in [7, 11) is 0. The van der Waals surface area contributed by atoms with E-state index in [1.54, 1.807) is 0 Å². The van der Waals surface area contributed by atoms with E-state index in [0.717, 1.165) is 12.8 Å². The molecule has 0 spiro atoms. The Balaban J connectivity index is 3.86. The average Bonchev–Trinajstić information content (AvgIpc) is 2.02. The third kappa shape index (κ3) is 4.18. The molecule has 0 aliphatic rings. The summed E-state index contributed by atoms with van der Waals surface area (Å²) in [6.07, 6.45) is 0.974. The standard InChI is InChI=1S/C8H17NO3/c1-3-4-8(2,5-10)6-12-7(9)11/h10H,3-6H2,1-2H3,(H2,9,11). The van der Waals surface area contributed by atoms with Crippen LogP contribution in [0.3, 0.4) is 0 Å². The smallest absolute Gasteiger partial charge is 0.404 e. The van der Waals surface area contributed by atoms with Crippen molar-refractivity contribution in [2.75, 3.05) is 13.2 Å². The molecule has 0 heterocycles. The van der Waals surface area contributed by atoms with Crippen LogP contribution >= 0.6 is 0 Å². The fourth-order valence-corrected chi connectivity index (χ4v) is 1.05. The zero-order chi connectivity index (χ0) is 9.61. The molecule has 1 unspecified atom stereocenters. The summed E-state index contributed by atoms with van der Waals surface area (Å²) < 4.78 is 4.63. The number of amides is 1. The molecule has 0 aromatic rings. The number of ether oxygens (including phenoxy) is 1. The van der Waals surface area contributed by atoms with E-state index in [4.69, 9.17) is 10.8 Å². The van der Waals surface area contributed by atoms with Crippen molar-refractivity contribution in [2.45, 2.75) is 26.7 Å². The first-order chi connectivity index (χ1) is 5.54. The first-order valence-corrected chi connectivity index (χ1v) is 4.07. The zero-order valence-electron chi connectivity index (χ0n) is 7.67. The Morgan fingerprint density at radius 2 is 2.25 bits per heavy atom. The number of carbonyl (C=O) groups excluding carboxylic acids is 1. The lowest BCUT2D eigenvalue weighted by molar-refractivity contribution is 0.0471. The Kier molecular flexibility index (Phi) is 4.66. The molecule has 0 rings (SSSR count). The summed E-state index contributed by atoms with van der Waals surface area (Å²) >= 11 is 0. The van der Waals surface area contributed by atoms with Gasteiger partial charge in [-0.05, 0) is 6.42 Å². The Bertz CT molecular complexity index is 149. The van der Waals surface area contributed by atoms with E-state index in [9.17, 15) is 4.79 Å². The molecule has 0 saturated heterocycles. The number of nitrogens with two attached hydrogens (primary N) is 1. The summed E-state index contributed by atoms with van der Waals surface area (Å²) in [5.41, 5.74) is 4.46. The second-order valence-corrected chi connectivity index (χ2v) is 3.33. The number of hydrogen-bond donors (Lipinski definition) is 2. The molecule has 0 radical (unpaired) electrons. The molecule has 0 fully saturated rings. The highest BCUT2D eigenvalue weighted by atomic mass is 16.5. The van der Waals surface area contributed by atoms with Crippen LogP contribution in [-0.2, 0) is 4.74 Å². The fourth-order valence-electron chi connectivity index (χ4n) is 1.05. The van der Waals surface area contributed by atoms with E-state index in [-0.39, 0.29) is 18.6 Å². The fraction of sp³-hybridized carbons (Fsp3) is 0.875. The predicted octanol–water partition coefficient (Wildman–Crippen LogP) is 0.880. The van der Waals surface area contributed by atoms with Crippen molar-refractivity contribution in [3.8, 4) is 0 Å². The largest absolute Gasteiger partial charge is 0.449 e. The van der Waals surface area contributed by atoms with Crippen LogP contribution in [0, 0.1) is 5.41 Å². The summed E-state index contributed by atoms with van der Waals surface area (Å²) in [5.74, 6) is 0. The van der Waals surface area contributed by atoms with E-state index >= 15 is 0 Å². The van der Waals surface area contributed by atoms with Crippen LogP contribution < -0.4 is 5.73 Å². The summed E-state index contributed by atoms with van der Waals surface area (Å²) in [5, 5.41) is 9.00. The van der Waals surface area contributed by atoms with Crippen molar-refractivity contribution in [2.24, 2.45) is 11.1 Å². The Morgan fingerprint density at radius 1 is 1.67 bits per heavy atom. The third-order valence-corrected chi connectivity index (χ3v) is 1.80. The number of rotatable bonds is 5. The predicted molar refractivity (Wildman–Crippen MR) is 45.6 cm³/mol. The topological polar surface area (TPSA) is 72.6 Å². The molecular weight excluding hydrogens is 158 g/mol. The van der Waals surface area contributed by atoms with Crippen molar-refractivity contribution in [3.05, 3.63) is 0 Å². The Hall–Kier alpha value is -0.770. The minimum atomic E-state index is -0.786. The van der Waals surface area contributed by atoms with Crippen LogP contribution in [0.2, 0.25) is 0 Å². The summed E-state index contributed by atoms with van der Waals surface area (Å²) in [6, 6.07) is 0. The van der Waals surface area contributed by atoms with Gasteiger partial charge in [0.1, 0.15) is 6.61 Å². The zero-order valence-corrected chi connectivity index (χ0v) is 7.67. The SMILES string of the molecule is CCCC(C)(CO)COC(N)=O. The van der Waals surface area contributed by atoms with E-state index in [0.29, 0.717) is 0 Å². The molecule has 12 heavy (non-hydrogen) atoms. The first kappa shape index (κ1) is 11.2. The molecule has 1 atom stereocenters. The highest BCUT2D eigenvalue weighted by Crippen LogP contribution is 2.22. The van der Waals surface area contributed by atoms with E-state index in [1.807, 2.05) is 13.8 Å². The molecular formula is C8H17NO3. The Labute approximate surface area is 72.7 Å². The van der Waals surface area contributed by atoms with Gasteiger partial charge in [-0.15, -0.1) is 0 Å². The second kappa shape index (κ2) is 4.98. The normalized spacial score (nSPS) is 15.2. The van der Waals surface area contributed by atoms with Crippen LogP contribution in [-0.4, -0.2) is 24.4 Å². The quantitative estimate of drug-likeness (QED) is 0.651. The highest BCUT2D eigenvalue weighted by Gasteiger charge is 2.23. The molecule has 4 nitrogen and oxygen atoms in total. The van der Waals surface area contributed by atoms with Crippen LogP contribution in [0.25, 0.3) is 0 Å². The lowest BCUT2D eigenvalue weighted by Crippen LogP contribution is -2.30. The maximum atomic E-state index is 10.3. The van der Waals surface area contributed by atoms with Gasteiger partial charge in [-0.2, -0.15) is 0 Å². The number of carbonyl (C=O) groups is 1. The van der Waals surface area contributed by atoms with Crippen molar-refractivity contribution >= 4 is 6.09 Å². The molecule has 0 aromatic carbocycles. The maximum Gasteiger partial charge on any atom is 0.404 e. The molecule has 72 valence electrons. The Morgan fingerprint density at radius 3 is 2.58 bits per heavy atom. The van der Waals surface area contributed by atoms with Gasteiger partial charge in [-0.25, -0.2) is 4.79 Å². The van der Waals surface area contributed by atoms with Crippen LogP contribution in [0.5, 0.6) is 0 Å². The minimum absolute atomic E-state index is 0.00806. The van der Waals surface area contributed by atoms with Gasteiger partial charge in [0, 0.05) is 5.41 Å². The van der Waals surface area contributed by atoms with Crippen molar-refractivity contribution < 1.29 is 14.6 Å². The molecule has 0 saturated carbocycles. The molecule has 3 N–H and O–H groups in total. The number of hydrogen-bond acceptors (Lipinski definition) is 3. The second-order valence-electron chi connectivity index (χ2n) is 3.33. The van der Waals surface area contributed by atoms with Crippen molar-refractivity contribution in [3.63, 3.8) is 0 Å². The third-order valence-electron chi connectivity index (χ3n) is 1.80. The molecule has 1 amide bonds. The van der Waals surface area contributed by atoms with Gasteiger partial charge in [0.05, 0.1) is 6.61 Å². The van der Waals surface area contributed by atoms with Gasteiger partial charge in [-0.3, -0.25) is 0 Å². The monoisotopic (exact) mass is 175 g/mol. The van der Waals surface area contributed by atoms with Gasteiger partial charge in [0.15, 0.2) is 0 Å². The summed E-state index contributed by atoms with van der Waals surface area (Å²) in [6.45, 7) is 4.07. The molecule has 0 aromatic heterocycles. The van der Waals surface area contributed by atoms with Crippen LogP contribution in [0.4, 0.5) is 4.79 Å². The lowest BCUT2D eigenvalue weighted by Gasteiger charge is -2.25. The highest BCUT2D eigenvalue weighted by molar-refractivity contribution is 5.64. The number of aliphatic hydroxyl groups excluding tert-OH is 1. The number of aliphatic hydroxyl groups is 1. The first-order valence-electron chi connectivity index (χ1n) is 4.07. The van der Waals surface area contributed by atoms with Crippen molar-refractivity contribution in [1.29, 1.82) is 0 Å². The van der Waals surface area contributed by atoms with E-state index < -0.39 is 6.09 Å². The minimum Gasteiger partial charge on any atom is -0.449 e. The average molecular weight is 175 g/mol. The van der Waals surface area contributed by atoms with E-state index in [2.05, 4.69) is 4.74 Å². The van der Waals surface area contributed by atoms with Crippen molar-refractivity contribution in [1.82, 2.24) is 0 Å². The molecule has 0 bridgehead atoms. The van der Waals surface area contributed by atoms with E-state index in [1.165, 1.54) is 0 Å². The maximum absolute atomic E-state index is 10.3. The summed E-state index contributed by atoms with van der Waals surface area (Å²) in [4.78, 5) is 10.3. The molecule has 0 aliphatic carbocycles. The molecule has 0 aliphatic heterocycles. The van der Waals surface area contributed by atoms with Gasteiger partial charge in [0.25, 0.3) is 0 Å². The van der Waals surface area contributed by atoms with Gasteiger partial charge < -0.3 is 15.6 Å². The van der Waals surface area contributed by atoms with Crippen LogP contribution in [0.15, 0.2) is 0 Å². The molecule has 4 heteroatoms. The van der Waals surface area contributed by atoms with Crippen LogP contribution in [0.1, 0.15) is 26.7 Å². The van der Waals surface area contributed by atoms with Gasteiger partial charge in [0.2, 0.25) is 0 Å².